The Bertz CT molecular complexity index is 551. The predicted octanol–water partition coefficient (Wildman–Crippen LogP) is 3.71. The Morgan fingerprint density at radius 3 is 2.17 bits per heavy atom. The van der Waals surface area contributed by atoms with E-state index in [1.807, 2.05) is 12.1 Å². The monoisotopic (exact) mass is 355 g/mol. The van der Waals surface area contributed by atoms with Gasteiger partial charge >= 0.3 is 0 Å². The van der Waals surface area contributed by atoms with Crippen molar-refractivity contribution in [3.8, 4) is 0 Å². The molecule has 0 saturated heterocycles. The summed E-state index contributed by atoms with van der Waals surface area (Å²) in [5.74, 6) is -0.424. The van der Waals surface area contributed by atoms with Gasteiger partial charge in [0.25, 0.3) is 5.91 Å². The minimum Gasteiger partial charge on any atom is -0.311 e. The highest BCUT2D eigenvalue weighted by atomic mass is 127. The summed E-state index contributed by atoms with van der Waals surface area (Å²) in [6.45, 7) is 0. The van der Waals surface area contributed by atoms with Crippen molar-refractivity contribution >= 4 is 34.2 Å². The first-order valence-corrected chi connectivity index (χ1v) is 6.45. The lowest BCUT2D eigenvalue weighted by Crippen LogP contribution is -2.26. The Hall–Kier alpha value is -1.43. The van der Waals surface area contributed by atoms with Crippen molar-refractivity contribution in [3.63, 3.8) is 0 Å². The molecule has 0 aromatic heterocycles. The van der Waals surface area contributed by atoms with Crippen LogP contribution in [0, 0.1) is 9.39 Å². The Morgan fingerprint density at radius 1 is 1.06 bits per heavy atom. The maximum absolute atomic E-state index is 12.8. The van der Waals surface area contributed by atoms with Gasteiger partial charge in [0, 0.05) is 21.9 Å². The highest BCUT2D eigenvalue weighted by Gasteiger charge is 2.13. The molecule has 2 rings (SSSR count). The second kappa shape index (κ2) is 5.48. The molecule has 0 unspecified atom stereocenters. The van der Waals surface area contributed by atoms with E-state index in [0.717, 1.165) is 3.57 Å². The Labute approximate surface area is 119 Å². The lowest BCUT2D eigenvalue weighted by atomic mass is 10.2. The summed E-state index contributed by atoms with van der Waals surface area (Å²) in [5.41, 5.74) is 1.28. The van der Waals surface area contributed by atoms with Gasteiger partial charge in [0.1, 0.15) is 5.82 Å². The number of hydrogen-bond acceptors (Lipinski definition) is 1. The number of nitrogens with zero attached hydrogens (tertiary/aromatic N) is 1. The zero-order valence-corrected chi connectivity index (χ0v) is 11.9. The summed E-state index contributed by atoms with van der Waals surface area (Å²) in [4.78, 5) is 13.7. The fourth-order valence-electron chi connectivity index (χ4n) is 1.57. The van der Waals surface area contributed by atoms with E-state index in [0.29, 0.717) is 11.3 Å². The first-order chi connectivity index (χ1) is 8.58. The van der Waals surface area contributed by atoms with Crippen LogP contribution < -0.4 is 4.90 Å². The fraction of sp³-hybridized carbons (Fsp3) is 0.0714. The molecule has 0 radical (unpaired) electrons. The number of carbonyl (C=O) groups is 1. The molecule has 0 atom stereocenters. The van der Waals surface area contributed by atoms with Gasteiger partial charge in [-0.05, 0) is 71.1 Å². The Balaban J connectivity index is 2.23. The maximum atomic E-state index is 12.8. The third-order valence-corrected chi connectivity index (χ3v) is 3.33. The molecule has 4 heteroatoms. The minimum absolute atomic E-state index is 0.113. The van der Waals surface area contributed by atoms with E-state index in [4.69, 9.17) is 0 Å². The first kappa shape index (κ1) is 13.0. The van der Waals surface area contributed by atoms with E-state index in [1.54, 1.807) is 31.3 Å². The van der Waals surface area contributed by atoms with Gasteiger partial charge in [0.15, 0.2) is 0 Å². The van der Waals surface area contributed by atoms with Crippen LogP contribution in [0.1, 0.15) is 10.4 Å². The fourth-order valence-corrected chi connectivity index (χ4v) is 1.93. The molecule has 2 aromatic rings. The molecule has 0 aliphatic carbocycles. The summed E-state index contributed by atoms with van der Waals surface area (Å²) < 4.78 is 13.9. The molecular formula is C14H11FINO. The number of rotatable bonds is 2. The second-order valence-corrected chi connectivity index (χ2v) is 5.09. The third kappa shape index (κ3) is 2.87. The van der Waals surface area contributed by atoms with E-state index in [2.05, 4.69) is 22.6 Å². The van der Waals surface area contributed by atoms with Crippen LogP contribution in [0.5, 0.6) is 0 Å². The topological polar surface area (TPSA) is 20.3 Å². The lowest BCUT2D eigenvalue weighted by Gasteiger charge is -2.17. The summed E-state index contributed by atoms with van der Waals surface area (Å²) in [5, 5.41) is 0. The molecule has 0 aliphatic rings. The number of amides is 1. The van der Waals surface area contributed by atoms with Crippen LogP contribution in [-0.2, 0) is 0 Å². The molecule has 0 saturated carbocycles. The van der Waals surface area contributed by atoms with Gasteiger partial charge < -0.3 is 4.90 Å². The molecule has 0 aliphatic heterocycles. The summed E-state index contributed by atoms with van der Waals surface area (Å²) >= 11 is 2.19. The SMILES string of the molecule is CN(C(=O)c1ccc(I)cc1)c1ccc(F)cc1. The highest BCUT2D eigenvalue weighted by Crippen LogP contribution is 2.16. The van der Waals surface area contributed by atoms with Gasteiger partial charge in [0.05, 0.1) is 0 Å². The normalized spacial score (nSPS) is 10.2. The van der Waals surface area contributed by atoms with Gasteiger partial charge in [-0.25, -0.2) is 4.39 Å². The largest absolute Gasteiger partial charge is 0.311 e. The van der Waals surface area contributed by atoms with Gasteiger partial charge in [-0.2, -0.15) is 0 Å². The number of hydrogen-bond donors (Lipinski definition) is 0. The zero-order chi connectivity index (χ0) is 13.1. The second-order valence-electron chi connectivity index (χ2n) is 3.85. The molecule has 0 bridgehead atoms. The van der Waals surface area contributed by atoms with E-state index in [9.17, 15) is 9.18 Å². The molecule has 2 nitrogen and oxygen atoms in total. The van der Waals surface area contributed by atoms with Gasteiger partial charge in [-0.3, -0.25) is 4.79 Å². The number of carbonyl (C=O) groups excluding carboxylic acids is 1. The lowest BCUT2D eigenvalue weighted by molar-refractivity contribution is 0.0993. The quantitative estimate of drug-likeness (QED) is 0.753. The van der Waals surface area contributed by atoms with Crippen molar-refractivity contribution in [1.82, 2.24) is 0 Å². The van der Waals surface area contributed by atoms with Crippen LogP contribution >= 0.6 is 22.6 Å². The van der Waals surface area contributed by atoms with Crippen molar-refractivity contribution in [3.05, 3.63) is 63.5 Å². The van der Waals surface area contributed by atoms with Gasteiger partial charge in [-0.15, -0.1) is 0 Å². The number of halogens is 2. The van der Waals surface area contributed by atoms with Crippen molar-refractivity contribution in [2.45, 2.75) is 0 Å². The zero-order valence-electron chi connectivity index (χ0n) is 9.73. The average molecular weight is 355 g/mol. The van der Waals surface area contributed by atoms with Crippen LogP contribution in [0.2, 0.25) is 0 Å². The average Bonchev–Trinajstić information content (AvgIpc) is 2.39. The van der Waals surface area contributed by atoms with Crippen LogP contribution in [0.4, 0.5) is 10.1 Å². The number of anilines is 1. The molecule has 0 spiro atoms. The summed E-state index contributed by atoms with van der Waals surface area (Å²) in [7, 11) is 1.67. The van der Waals surface area contributed by atoms with Crippen LogP contribution in [-0.4, -0.2) is 13.0 Å². The standard InChI is InChI=1S/C14H11FINO/c1-17(13-8-4-11(15)5-9-13)14(18)10-2-6-12(16)7-3-10/h2-9H,1H3. The molecule has 0 N–H and O–H groups in total. The van der Waals surface area contributed by atoms with Crippen molar-refractivity contribution in [2.24, 2.45) is 0 Å². The Kier molecular flexibility index (Phi) is 3.96. The van der Waals surface area contributed by atoms with Crippen LogP contribution in [0.25, 0.3) is 0 Å². The molecule has 92 valence electrons. The highest BCUT2D eigenvalue weighted by molar-refractivity contribution is 14.1. The summed E-state index contributed by atoms with van der Waals surface area (Å²) in [6, 6.07) is 13.2. The molecule has 0 fully saturated rings. The van der Waals surface area contributed by atoms with Crippen molar-refractivity contribution in [2.75, 3.05) is 11.9 Å². The van der Waals surface area contributed by atoms with Gasteiger partial charge in [0.2, 0.25) is 0 Å². The van der Waals surface area contributed by atoms with E-state index < -0.39 is 0 Å². The molecule has 2 aromatic carbocycles. The van der Waals surface area contributed by atoms with Crippen LogP contribution in [0.3, 0.4) is 0 Å². The first-order valence-electron chi connectivity index (χ1n) is 5.37. The molecular weight excluding hydrogens is 344 g/mol. The van der Waals surface area contributed by atoms with E-state index in [-0.39, 0.29) is 11.7 Å². The molecule has 18 heavy (non-hydrogen) atoms. The molecule has 1 amide bonds. The molecule has 0 heterocycles. The smallest absolute Gasteiger partial charge is 0.258 e. The minimum atomic E-state index is -0.311. The number of benzene rings is 2. The Morgan fingerprint density at radius 2 is 1.61 bits per heavy atom. The maximum Gasteiger partial charge on any atom is 0.258 e. The third-order valence-electron chi connectivity index (χ3n) is 2.61. The van der Waals surface area contributed by atoms with E-state index in [1.165, 1.54) is 17.0 Å². The van der Waals surface area contributed by atoms with Crippen molar-refractivity contribution < 1.29 is 9.18 Å². The van der Waals surface area contributed by atoms with Gasteiger partial charge in [-0.1, -0.05) is 0 Å². The van der Waals surface area contributed by atoms with Crippen molar-refractivity contribution in [1.29, 1.82) is 0 Å². The van der Waals surface area contributed by atoms with E-state index >= 15 is 0 Å². The van der Waals surface area contributed by atoms with Crippen LogP contribution in [0.15, 0.2) is 48.5 Å². The predicted molar refractivity (Wildman–Crippen MR) is 78.3 cm³/mol. The summed E-state index contributed by atoms with van der Waals surface area (Å²) in [6.07, 6.45) is 0.